The predicted molar refractivity (Wildman–Crippen MR) is 98.3 cm³/mol. The number of aliphatic hydroxyl groups is 1. The average molecular weight is 360 g/mol. The summed E-state index contributed by atoms with van der Waals surface area (Å²) in [6.45, 7) is 1.65. The Hall–Kier alpha value is -3.44. The van der Waals surface area contributed by atoms with Crippen LogP contribution in [0.15, 0.2) is 54.6 Å². The van der Waals surface area contributed by atoms with Crippen LogP contribution >= 0.6 is 0 Å². The second-order valence-corrected chi connectivity index (χ2v) is 6.55. The van der Waals surface area contributed by atoms with E-state index < -0.39 is 23.4 Å². The molecule has 3 aromatic carbocycles. The van der Waals surface area contributed by atoms with Crippen LogP contribution in [0.4, 0.5) is 0 Å². The maximum atomic E-state index is 13.0. The zero-order valence-corrected chi connectivity index (χ0v) is 14.4. The first-order valence-corrected chi connectivity index (χ1v) is 8.42. The highest BCUT2D eigenvalue weighted by molar-refractivity contribution is 6.30. The first-order chi connectivity index (χ1) is 12.9. The molecule has 0 heterocycles. The molecule has 134 valence electrons. The van der Waals surface area contributed by atoms with Gasteiger partial charge in [0, 0.05) is 16.7 Å². The summed E-state index contributed by atoms with van der Waals surface area (Å²) >= 11 is 0. The highest BCUT2D eigenvalue weighted by Crippen LogP contribution is 2.42. The third kappa shape index (κ3) is 2.44. The van der Waals surface area contributed by atoms with Crippen molar-refractivity contribution in [1.82, 2.24) is 0 Å². The molecule has 0 spiro atoms. The van der Waals surface area contributed by atoms with Crippen molar-refractivity contribution in [2.75, 3.05) is 0 Å². The number of hydrogen-bond donors (Lipinski definition) is 3. The van der Waals surface area contributed by atoms with Gasteiger partial charge in [-0.25, -0.2) is 0 Å². The molecule has 4 rings (SSSR count). The first kappa shape index (κ1) is 17.0. The van der Waals surface area contributed by atoms with E-state index in [2.05, 4.69) is 0 Å². The van der Waals surface area contributed by atoms with E-state index in [1.807, 2.05) is 0 Å². The Morgan fingerprint density at radius 1 is 0.815 bits per heavy atom. The van der Waals surface area contributed by atoms with Crippen LogP contribution < -0.4 is 0 Å². The minimum absolute atomic E-state index is 0.0969. The molecule has 3 aromatic rings. The Morgan fingerprint density at radius 2 is 1.52 bits per heavy atom. The zero-order valence-electron chi connectivity index (χ0n) is 14.4. The van der Waals surface area contributed by atoms with Crippen LogP contribution in [0.3, 0.4) is 0 Å². The summed E-state index contributed by atoms with van der Waals surface area (Å²) in [5.41, 5.74) is 1.04. The molecule has 1 aliphatic carbocycles. The van der Waals surface area contributed by atoms with Gasteiger partial charge in [0.05, 0.1) is 11.1 Å². The lowest BCUT2D eigenvalue weighted by molar-refractivity contribution is 0.0973. The first-order valence-electron chi connectivity index (χ1n) is 8.42. The summed E-state index contributed by atoms with van der Waals surface area (Å²) in [4.78, 5) is 25.9. The maximum Gasteiger partial charge on any atom is 0.201 e. The number of carbonyl (C=O) groups is 2. The molecule has 5 heteroatoms. The summed E-state index contributed by atoms with van der Waals surface area (Å²) in [6.07, 6.45) is -1.16. The highest BCUT2D eigenvalue weighted by Gasteiger charge is 2.37. The molecule has 0 saturated carbocycles. The molecule has 0 aliphatic heterocycles. The van der Waals surface area contributed by atoms with Crippen molar-refractivity contribution in [2.24, 2.45) is 0 Å². The molecule has 27 heavy (non-hydrogen) atoms. The van der Waals surface area contributed by atoms with Crippen LogP contribution in [0, 0.1) is 6.92 Å². The van der Waals surface area contributed by atoms with Crippen molar-refractivity contribution in [1.29, 1.82) is 0 Å². The molecular weight excluding hydrogens is 344 g/mol. The minimum atomic E-state index is -1.16. The molecule has 0 bridgehead atoms. The average Bonchev–Trinajstić information content (AvgIpc) is 2.67. The zero-order chi connectivity index (χ0) is 19.3. The van der Waals surface area contributed by atoms with Gasteiger partial charge in [0.25, 0.3) is 0 Å². The fourth-order valence-corrected chi connectivity index (χ4v) is 3.60. The van der Waals surface area contributed by atoms with E-state index in [0.717, 1.165) is 0 Å². The number of rotatable bonds is 2. The van der Waals surface area contributed by atoms with Gasteiger partial charge >= 0.3 is 0 Å². The Morgan fingerprint density at radius 3 is 2.22 bits per heavy atom. The number of ketones is 2. The Kier molecular flexibility index (Phi) is 3.82. The fourth-order valence-electron chi connectivity index (χ4n) is 3.60. The lowest BCUT2D eigenvalue weighted by Gasteiger charge is -2.24. The molecule has 1 atom stereocenters. The summed E-state index contributed by atoms with van der Waals surface area (Å²) in [5.74, 6) is -1.84. The SMILES string of the molecule is Cc1cc(C(O)c2ccccc2)c(O)c2c1C(=O)c1cccc(O)c1C2=O. The number of fused-ring (bicyclic) bond motifs is 2. The van der Waals surface area contributed by atoms with E-state index in [-0.39, 0.29) is 33.6 Å². The van der Waals surface area contributed by atoms with Crippen LogP contribution in [-0.2, 0) is 0 Å². The van der Waals surface area contributed by atoms with Crippen LogP contribution in [0.2, 0.25) is 0 Å². The third-order valence-electron chi connectivity index (χ3n) is 4.90. The number of phenols is 2. The van der Waals surface area contributed by atoms with Gasteiger partial charge in [0.1, 0.15) is 17.6 Å². The summed E-state index contributed by atoms with van der Waals surface area (Å²) in [7, 11) is 0. The standard InChI is InChI=1S/C22H16O5/c1-11-10-14(19(24)12-6-3-2-4-7-12)21(26)18-16(11)20(25)13-8-5-9-15(23)17(13)22(18)27/h2-10,19,23-24,26H,1H3. The van der Waals surface area contributed by atoms with E-state index in [1.165, 1.54) is 24.3 Å². The number of carbonyl (C=O) groups excluding carboxylic acids is 2. The number of hydrogen-bond acceptors (Lipinski definition) is 5. The van der Waals surface area contributed by atoms with E-state index in [9.17, 15) is 24.9 Å². The molecule has 0 radical (unpaired) electrons. The van der Waals surface area contributed by atoms with Gasteiger partial charge in [-0.3, -0.25) is 9.59 Å². The normalized spacial score (nSPS) is 13.9. The van der Waals surface area contributed by atoms with E-state index in [4.69, 9.17) is 0 Å². The fraction of sp³-hybridized carbons (Fsp3) is 0.0909. The Labute approximate surface area is 155 Å². The summed E-state index contributed by atoms with van der Waals surface area (Å²) in [6, 6.07) is 14.5. The van der Waals surface area contributed by atoms with Gasteiger partial charge < -0.3 is 15.3 Å². The molecule has 1 aliphatic rings. The van der Waals surface area contributed by atoms with Crippen LogP contribution in [0.25, 0.3) is 0 Å². The summed E-state index contributed by atoms with van der Waals surface area (Å²) < 4.78 is 0. The molecule has 5 nitrogen and oxygen atoms in total. The topological polar surface area (TPSA) is 94.8 Å². The van der Waals surface area contributed by atoms with Gasteiger partial charge in [-0.2, -0.15) is 0 Å². The van der Waals surface area contributed by atoms with Crippen molar-refractivity contribution in [3.63, 3.8) is 0 Å². The number of aliphatic hydroxyl groups excluding tert-OH is 1. The quantitative estimate of drug-likeness (QED) is 0.510. The maximum absolute atomic E-state index is 13.0. The van der Waals surface area contributed by atoms with Gasteiger partial charge in [-0.15, -0.1) is 0 Å². The molecule has 0 aromatic heterocycles. The lowest BCUT2D eigenvalue weighted by atomic mass is 9.79. The Bertz CT molecular complexity index is 1100. The van der Waals surface area contributed by atoms with Crippen molar-refractivity contribution in [2.45, 2.75) is 13.0 Å². The molecule has 0 amide bonds. The monoisotopic (exact) mass is 360 g/mol. The van der Waals surface area contributed by atoms with Crippen LogP contribution in [-0.4, -0.2) is 26.9 Å². The minimum Gasteiger partial charge on any atom is -0.507 e. The van der Waals surface area contributed by atoms with Crippen molar-refractivity contribution in [3.8, 4) is 11.5 Å². The third-order valence-corrected chi connectivity index (χ3v) is 4.90. The van der Waals surface area contributed by atoms with Crippen molar-refractivity contribution < 1.29 is 24.9 Å². The number of phenolic OH excluding ortho intramolecular Hbond substituents is 2. The second kappa shape index (κ2) is 6.07. The molecule has 3 N–H and O–H groups in total. The van der Waals surface area contributed by atoms with Crippen molar-refractivity contribution in [3.05, 3.63) is 93.5 Å². The predicted octanol–water partition coefficient (Wildman–Crippen LogP) is 3.26. The van der Waals surface area contributed by atoms with Gasteiger partial charge in [0.2, 0.25) is 5.78 Å². The van der Waals surface area contributed by atoms with Gasteiger partial charge in [-0.1, -0.05) is 42.5 Å². The molecule has 1 unspecified atom stereocenters. The number of aromatic hydroxyl groups is 2. The Balaban J connectivity index is 1.96. The highest BCUT2D eigenvalue weighted by atomic mass is 16.3. The number of aryl methyl sites for hydroxylation is 1. The second-order valence-electron chi connectivity index (χ2n) is 6.55. The molecule has 0 saturated heterocycles. The van der Waals surface area contributed by atoms with Crippen molar-refractivity contribution >= 4 is 11.6 Å². The molecule has 0 fully saturated rings. The van der Waals surface area contributed by atoms with E-state index in [0.29, 0.717) is 11.1 Å². The van der Waals surface area contributed by atoms with E-state index >= 15 is 0 Å². The lowest BCUT2D eigenvalue weighted by Crippen LogP contribution is -2.23. The van der Waals surface area contributed by atoms with E-state index in [1.54, 1.807) is 37.3 Å². The van der Waals surface area contributed by atoms with Crippen LogP contribution in [0.1, 0.15) is 54.6 Å². The number of benzene rings is 3. The smallest absolute Gasteiger partial charge is 0.201 e. The van der Waals surface area contributed by atoms with Gasteiger partial charge in [0.15, 0.2) is 5.78 Å². The van der Waals surface area contributed by atoms with Gasteiger partial charge in [-0.05, 0) is 30.2 Å². The molecular formula is C22H16O5. The van der Waals surface area contributed by atoms with Crippen LogP contribution in [0.5, 0.6) is 11.5 Å². The largest absolute Gasteiger partial charge is 0.507 e. The summed E-state index contributed by atoms with van der Waals surface area (Å²) in [5, 5.41) is 31.6.